The normalized spacial score (nSPS) is 11.5. The Kier molecular flexibility index (Phi) is 7.52. The highest BCUT2D eigenvalue weighted by atomic mass is 19.1. The van der Waals surface area contributed by atoms with Crippen LogP contribution >= 0.6 is 0 Å². The van der Waals surface area contributed by atoms with Gasteiger partial charge in [-0.05, 0) is 54.4 Å². The third kappa shape index (κ3) is 5.55. The lowest BCUT2D eigenvalue weighted by molar-refractivity contribution is -0.122. The number of pyridine rings is 1. The molecular weight excluding hydrogens is 449 g/mol. The highest BCUT2D eigenvalue weighted by Gasteiger charge is 2.36. The zero-order chi connectivity index (χ0) is 24.6. The Bertz CT molecular complexity index is 1280. The summed E-state index contributed by atoms with van der Waals surface area (Å²) in [6.07, 6.45) is 4.94. The summed E-state index contributed by atoms with van der Waals surface area (Å²) in [6.45, 7) is 0.244. The number of hydrogen-bond donors (Lipinski definition) is 1. The van der Waals surface area contributed by atoms with E-state index in [4.69, 9.17) is 9.15 Å². The molecule has 2 amide bonds. The van der Waals surface area contributed by atoms with Gasteiger partial charge < -0.3 is 14.5 Å². The van der Waals surface area contributed by atoms with Crippen molar-refractivity contribution in [2.75, 3.05) is 18.6 Å². The first-order valence-corrected chi connectivity index (χ1v) is 11.0. The maximum absolute atomic E-state index is 13.7. The van der Waals surface area contributed by atoms with Gasteiger partial charge in [0, 0.05) is 24.5 Å². The number of halogens is 1. The van der Waals surface area contributed by atoms with Crippen LogP contribution in [0.2, 0.25) is 0 Å². The van der Waals surface area contributed by atoms with Crippen LogP contribution in [-0.4, -0.2) is 30.5 Å². The number of nitrogens with zero attached hydrogens (tertiary/aromatic N) is 2. The second-order valence-electron chi connectivity index (χ2n) is 7.68. The number of nitrogens with one attached hydrogen (secondary N) is 1. The van der Waals surface area contributed by atoms with Crippen LogP contribution in [0.4, 0.5) is 10.1 Å². The molecule has 4 aromatic rings. The minimum Gasteiger partial charge on any atom is -0.495 e. The van der Waals surface area contributed by atoms with Gasteiger partial charge in [-0.15, -0.1) is 0 Å². The molecule has 178 valence electrons. The van der Waals surface area contributed by atoms with Gasteiger partial charge >= 0.3 is 0 Å². The topological polar surface area (TPSA) is 84.7 Å². The molecule has 0 bridgehead atoms. The molecule has 2 heterocycles. The van der Waals surface area contributed by atoms with Crippen molar-refractivity contribution < 1.29 is 23.1 Å². The summed E-state index contributed by atoms with van der Waals surface area (Å²) in [5, 5.41) is 2.88. The molecule has 1 unspecified atom stereocenters. The number of para-hydroxylation sites is 2. The lowest BCUT2D eigenvalue weighted by Gasteiger charge is -2.31. The molecule has 8 heteroatoms. The maximum Gasteiger partial charge on any atom is 0.295 e. The van der Waals surface area contributed by atoms with Crippen molar-refractivity contribution >= 4 is 17.5 Å². The van der Waals surface area contributed by atoms with Crippen LogP contribution < -0.4 is 15.0 Å². The van der Waals surface area contributed by atoms with Crippen LogP contribution in [0, 0.1) is 5.82 Å². The second-order valence-corrected chi connectivity index (χ2v) is 7.68. The van der Waals surface area contributed by atoms with Crippen molar-refractivity contribution in [2.45, 2.75) is 12.5 Å². The molecule has 35 heavy (non-hydrogen) atoms. The SMILES string of the molecule is COc1ccccc1N(C(=O)c1ccco1)C(C(=O)NCCc1cccc(F)c1)c1cccnc1. The van der Waals surface area contributed by atoms with E-state index in [0.29, 0.717) is 23.4 Å². The second kappa shape index (κ2) is 11.1. The average molecular weight is 474 g/mol. The Morgan fingerprint density at radius 3 is 2.66 bits per heavy atom. The molecular formula is C27H24FN3O4. The van der Waals surface area contributed by atoms with Crippen LogP contribution in [-0.2, 0) is 11.2 Å². The van der Waals surface area contributed by atoms with E-state index in [1.807, 2.05) is 0 Å². The molecule has 7 nitrogen and oxygen atoms in total. The van der Waals surface area contributed by atoms with Gasteiger partial charge in [0.2, 0.25) is 5.91 Å². The van der Waals surface area contributed by atoms with Crippen molar-refractivity contribution in [1.82, 2.24) is 10.3 Å². The van der Waals surface area contributed by atoms with Crippen LogP contribution in [0.5, 0.6) is 5.75 Å². The van der Waals surface area contributed by atoms with E-state index in [-0.39, 0.29) is 18.1 Å². The van der Waals surface area contributed by atoms with Gasteiger partial charge in [0.1, 0.15) is 17.6 Å². The fourth-order valence-electron chi connectivity index (χ4n) is 3.79. The van der Waals surface area contributed by atoms with Crippen LogP contribution in [0.25, 0.3) is 0 Å². The van der Waals surface area contributed by atoms with E-state index in [0.717, 1.165) is 5.56 Å². The van der Waals surface area contributed by atoms with E-state index < -0.39 is 17.9 Å². The highest BCUT2D eigenvalue weighted by molar-refractivity contribution is 6.09. The Morgan fingerprint density at radius 1 is 1.09 bits per heavy atom. The molecule has 0 aliphatic heterocycles. The van der Waals surface area contributed by atoms with Gasteiger partial charge in [0.05, 0.1) is 19.1 Å². The first-order chi connectivity index (χ1) is 17.1. The quantitative estimate of drug-likeness (QED) is 0.385. The van der Waals surface area contributed by atoms with Crippen molar-refractivity contribution in [3.8, 4) is 5.75 Å². The Hall–Kier alpha value is -4.46. The summed E-state index contributed by atoms with van der Waals surface area (Å²) >= 11 is 0. The first-order valence-electron chi connectivity index (χ1n) is 11.0. The number of carbonyl (C=O) groups excluding carboxylic acids is 2. The molecule has 1 atom stereocenters. The molecule has 1 N–H and O–H groups in total. The monoisotopic (exact) mass is 473 g/mol. The van der Waals surface area contributed by atoms with E-state index in [1.165, 1.54) is 42.7 Å². The zero-order valence-corrected chi connectivity index (χ0v) is 19.1. The summed E-state index contributed by atoms with van der Waals surface area (Å²) in [4.78, 5) is 32.8. The molecule has 2 aromatic carbocycles. The van der Waals surface area contributed by atoms with Gasteiger partial charge in [0.15, 0.2) is 5.76 Å². The fourth-order valence-corrected chi connectivity index (χ4v) is 3.79. The van der Waals surface area contributed by atoms with Crippen molar-refractivity contribution in [1.29, 1.82) is 0 Å². The minimum atomic E-state index is -1.08. The number of aromatic nitrogens is 1. The summed E-state index contributed by atoms with van der Waals surface area (Å²) in [6, 6.07) is 18.6. The predicted molar refractivity (Wildman–Crippen MR) is 129 cm³/mol. The number of benzene rings is 2. The number of carbonyl (C=O) groups is 2. The maximum atomic E-state index is 13.7. The third-order valence-electron chi connectivity index (χ3n) is 5.40. The van der Waals surface area contributed by atoms with Crippen LogP contribution in [0.3, 0.4) is 0 Å². The van der Waals surface area contributed by atoms with Crippen molar-refractivity contribution in [3.05, 3.63) is 114 Å². The standard InChI is InChI=1S/C27H24FN3O4/c1-34-23-11-3-2-10-22(23)31(27(33)24-12-6-16-35-24)25(20-8-5-14-29-18-20)26(32)30-15-13-19-7-4-9-21(28)17-19/h2-12,14,16-18,25H,13,15H2,1H3,(H,30,32). The number of methoxy groups -OCH3 is 1. The Morgan fingerprint density at radius 2 is 1.94 bits per heavy atom. The van der Waals surface area contributed by atoms with Crippen molar-refractivity contribution in [2.24, 2.45) is 0 Å². The number of hydrogen-bond acceptors (Lipinski definition) is 5. The van der Waals surface area contributed by atoms with Crippen LogP contribution in [0.1, 0.15) is 27.7 Å². The largest absolute Gasteiger partial charge is 0.495 e. The Balaban J connectivity index is 1.71. The van der Waals surface area contributed by atoms with E-state index in [2.05, 4.69) is 10.3 Å². The molecule has 0 fully saturated rings. The average Bonchev–Trinajstić information content (AvgIpc) is 3.42. The van der Waals surface area contributed by atoms with Crippen molar-refractivity contribution in [3.63, 3.8) is 0 Å². The van der Waals surface area contributed by atoms with E-state index in [1.54, 1.807) is 60.8 Å². The first kappa shape index (κ1) is 23.7. The number of amides is 2. The van der Waals surface area contributed by atoms with Gasteiger partial charge in [-0.1, -0.05) is 30.3 Å². The number of ether oxygens (including phenoxy) is 1. The lowest BCUT2D eigenvalue weighted by Crippen LogP contribution is -2.44. The smallest absolute Gasteiger partial charge is 0.295 e. The molecule has 2 aromatic heterocycles. The van der Waals surface area contributed by atoms with Gasteiger partial charge in [-0.2, -0.15) is 0 Å². The predicted octanol–water partition coefficient (Wildman–Crippen LogP) is 4.57. The zero-order valence-electron chi connectivity index (χ0n) is 19.1. The van der Waals surface area contributed by atoms with Gasteiger partial charge in [-0.25, -0.2) is 4.39 Å². The molecule has 4 rings (SSSR count). The summed E-state index contributed by atoms with van der Waals surface area (Å²) < 4.78 is 24.4. The fraction of sp³-hybridized carbons (Fsp3) is 0.148. The molecule has 0 radical (unpaired) electrons. The molecule has 0 aliphatic carbocycles. The van der Waals surface area contributed by atoms with Gasteiger partial charge in [0.25, 0.3) is 5.91 Å². The third-order valence-corrected chi connectivity index (χ3v) is 5.40. The number of furan rings is 1. The molecule has 0 spiro atoms. The highest BCUT2D eigenvalue weighted by Crippen LogP contribution is 2.36. The Labute approximate surface area is 202 Å². The molecule has 0 aliphatic rings. The van der Waals surface area contributed by atoms with Crippen LogP contribution in [0.15, 0.2) is 95.9 Å². The number of anilines is 1. The molecule has 0 saturated carbocycles. The lowest BCUT2D eigenvalue weighted by atomic mass is 10.0. The van der Waals surface area contributed by atoms with E-state index in [9.17, 15) is 14.0 Å². The number of rotatable bonds is 9. The minimum absolute atomic E-state index is 0.0670. The molecule has 0 saturated heterocycles. The van der Waals surface area contributed by atoms with E-state index >= 15 is 0 Å². The van der Waals surface area contributed by atoms with Gasteiger partial charge in [-0.3, -0.25) is 19.5 Å². The summed E-state index contributed by atoms with van der Waals surface area (Å²) in [7, 11) is 1.49. The summed E-state index contributed by atoms with van der Waals surface area (Å²) in [5.74, 6) is -0.812. The summed E-state index contributed by atoms with van der Waals surface area (Å²) in [5.41, 5.74) is 1.64.